The number of anilines is 2. The molecule has 2 rings (SSSR count). The number of halogens is 4. The second-order valence-electron chi connectivity index (χ2n) is 3.93. The summed E-state index contributed by atoms with van der Waals surface area (Å²) >= 11 is 8.71. The molecule has 0 atom stereocenters. The first-order chi connectivity index (χ1) is 9.38. The van der Waals surface area contributed by atoms with Gasteiger partial charge < -0.3 is 11.1 Å². The van der Waals surface area contributed by atoms with Crippen LogP contribution in [0.5, 0.6) is 0 Å². The third-order valence-corrected chi connectivity index (χ3v) is 3.20. The third-order valence-electron chi connectivity index (χ3n) is 2.51. The fourth-order valence-electron chi connectivity index (χ4n) is 1.57. The lowest BCUT2D eigenvalue weighted by Gasteiger charge is -2.10. The van der Waals surface area contributed by atoms with E-state index >= 15 is 0 Å². The summed E-state index contributed by atoms with van der Waals surface area (Å²) in [7, 11) is 0. The standard InChI is InChI=1S/C13H8BrClF2N2O/c14-6-3-9(16)12(10(17)4-6)19-13(20)8-5-7(15)1-2-11(8)18/h1-5H,18H2,(H,19,20). The van der Waals surface area contributed by atoms with E-state index in [1.807, 2.05) is 0 Å². The molecule has 1 amide bonds. The van der Waals surface area contributed by atoms with E-state index in [1.165, 1.54) is 18.2 Å². The summed E-state index contributed by atoms with van der Waals surface area (Å²) in [6.45, 7) is 0. The summed E-state index contributed by atoms with van der Waals surface area (Å²) in [5.74, 6) is -2.54. The van der Waals surface area contributed by atoms with Crippen LogP contribution in [-0.2, 0) is 0 Å². The summed E-state index contributed by atoms with van der Waals surface area (Å²) in [4.78, 5) is 12.0. The average Bonchev–Trinajstić information content (AvgIpc) is 2.36. The fourth-order valence-corrected chi connectivity index (χ4v) is 2.14. The lowest BCUT2D eigenvalue weighted by molar-refractivity contribution is 0.102. The van der Waals surface area contributed by atoms with Crippen molar-refractivity contribution in [3.05, 3.63) is 57.0 Å². The van der Waals surface area contributed by atoms with Crippen LogP contribution in [0.25, 0.3) is 0 Å². The van der Waals surface area contributed by atoms with Crippen molar-refractivity contribution in [3.8, 4) is 0 Å². The molecule has 2 aromatic rings. The van der Waals surface area contributed by atoms with Crippen molar-refractivity contribution in [2.24, 2.45) is 0 Å². The Bertz CT molecular complexity index is 671. The summed E-state index contributed by atoms with van der Waals surface area (Å²) < 4.78 is 27.5. The van der Waals surface area contributed by atoms with Crippen LogP contribution in [0, 0.1) is 11.6 Å². The second kappa shape index (κ2) is 5.76. The summed E-state index contributed by atoms with van der Waals surface area (Å²) in [6, 6.07) is 6.35. The smallest absolute Gasteiger partial charge is 0.257 e. The maximum Gasteiger partial charge on any atom is 0.257 e. The van der Waals surface area contributed by atoms with Crippen molar-refractivity contribution in [1.82, 2.24) is 0 Å². The molecule has 0 aliphatic rings. The van der Waals surface area contributed by atoms with E-state index in [1.54, 1.807) is 0 Å². The molecule has 0 aliphatic carbocycles. The average molecular weight is 362 g/mol. The Morgan fingerprint density at radius 2 is 1.80 bits per heavy atom. The van der Waals surface area contributed by atoms with Gasteiger partial charge in [-0.25, -0.2) is 8.78 Å². The lowest BCUT2D eigenvalue weighted by atomic mass is 10.1. The van der Waals surface area contributed by atoms with Crippen molar-refractivity contribution in [3.63, 3.8) is 0 Å². The molecule has 7 heteroatoms. The predicted molar refractivity (Wildman–Crippen MR) is 77.9 cm³/mol. The number of hydrogen-bond acceptors (Lipinski definition) is 2. The van der Waals surface area contributed by atoms with Crippen LogP contribution in [0.3, 0.4) is 0 Å². The number of rotatable bonds is 2. The van der Waals surface area contributed by atoms with Crippen molar-refractivity contribution >= 4 is 44.8 Å². The Kier molecular flexibility index (Phi) is 4.25. The Labute approximate surface area is 126 Å². The number of carbonyl (C=O) groups is 1. The fraction of sp³-hybridized carbons (Fsp3) is 0. The number of hydrogen-bond donors (Lipinski definition) is 2. The first-order valence-corrected chi connectivity index (χ1v) is 6.56. The van der Waals surface area contributed by atoms with Gasteiger partial charge in [0, 0.05) is 15.2 Å². The largest absolute Gasteiger partial charge is 0.398 e. The molecule has 0 heterocycles. The van der Waals surface area contributed by atoms with Crippen molar-refractivity contribution in [2.45, 2.75) is 0 Å². The zero-order valence-electron chi connectivity index (χ0n) is 9.88. The first kappa shape index (κ1) is 14.7. The van der Waals surface area contributed by atoms with Gasteiger partial charge in [0.1, 0.15) is 5.69 Å². The van der Waals surface area contributed by atoms with E-state index in [4.69, 9.17) is 17.3 Å². The van der Waals surface area contributed by atoms with Gasteiger partial charge in [-0.3, -0.25) is 4.79 Å². The van der Waals surface area contributed by atoms with Gasteiger partial charge in [0.2, 0.25) is 0 Å². The summed E-state index contributed by atoms with van der Waals surface area (Å²) in [5, 5.41) is 2.43. The Morgan fingerprint density at radius 3 is 2.40 bits per heavy atom. The minimum atomic E-state index is -0.897. The quantitative estimate of drug-likeness (QED) is 0.787. The molecule has 3 nitrogen and oxygen atoms in total. The Morgan fingerprint density at radius 1 is 1.20 bits per heavy atom. The van der Waals surface area contributed by atoms with E-state index < -0.39 is 23.2 Å². The summed E-state index contributed by atoms with van der Waals surface area (Å²) in [5.41, 5.74) is 5.28. The SMILES string of the molecule is Nc1ccc(Cl)cc1C(=O)Nc1c(F)cc(Br)cc1F. The van der Waals surface area contributed by atoms with E-state index in [9.17, 15) is 13.6 Å². The van der Waals surface area contributed by atoms with E-state index in [0.717, 1.165) is 12.1 Å². The Hall–Kier alpha value is -1.66. The molecular weight excluding hydrogens is 354 g/mol. The van der Waals surface area contributed by atoms with Gasteiger partial charge in [-0.2, -0.15) is 0 Å². The molecule has 0 aliphatic heterocycles. The van der Waals surface area contributed by atoms with Crippen LogP contribution in [0.1, 0.15) is 10.4 Å². The normalized spacial score (nSPS) is 10.4. The lowest BCUT2D eigenvalue weighted by Crippen LogP contribution is -2.16. The highest BCUT2D eigenvalue weighted by Crippen LogP contribution is 2.25. The molecular formula is C13H8BrClF2N2O. The first-order valence-electron chi connectivity index (χ1n) is 5.39. The topological polar surface area (TPSA) is 55.1 Å². The predicted octanol–water partition coefficient (Wildman–Crippen LogP) is 4.22. The van der Waals surface area contributed by atoms with Crippen LogP contribution >= 0.6 is 27.5 Å². The maximum absolute atomic E-state index is 13.6. The van der Waals surface area contributed by atoms with Gasteiger partial charge in [-0.15, -0.1) is 0 Å². The highest BCUT2D eigenvalue weighted by atomic mass is 79.9. The van der Waals surface area contributed by atoms with E-state index in [2.05, 4.69) is 21.2 Å². The zero-order valence-corrected chi connectivity index (χ0v) is 12.2. The monoisotopic (exact) mass is 360 g/mol. The van der Waals surface area contributed by atoms with Crippen LogP contribution in [0.2, 0.25) is 5.02 Å². The zero-order chi connectivity index (χ0) is 14.9. The molecule has 0 saturated heterocycles. The molecule has 0 saturated carbocycles. The highest BCUT2D eigenvalue weighted by molar-refractivity contribution is 9.10. The summed E-state index contributed by atoms with van der Waals surface area (Å²) in [6.07, 6.45) is 0. The number of amides is 1. The van der Waals surface area contributed by atoms with Crippen LogP contribution in [0.15, 0.2) is 34.8 Å². The van der Waals surface area contributed by atoms with Crippen LogP contribution < -0.4 is 11.1 Å². The minimum Gasteiger partial charge on any atom is -0.398 e. The number of nitrogens with one attached hydrogen (secondary N) is 1. The number of carbonyl (C=O) groups excluding carboxylic acids is 1. The molecule has 20 heavy (non-hydrogen) atoms. The van der Waals surface area contributed by atoms with Crippen molar-refractivity contribution in [2.75, 3.05) is 11.1 Å². The van der Waals surface area contributed by atoms with Crippen LogP contribution in [0.4, 0.5) is 20.2 Å². The molecule has 2 aromatic carbocycles. The molecule has 0 bridgehead atoms. The van der Waals surface area contributed by atoms with Gasteiger partial charge in [-0.1, -0.05) is 27.5 Å². The minimum absolute atomic E-state index is 0.0409. The van der Waals surface area contributed by atoms with Gasteiger partial charge in [0.05, 0.1) is 5.56 Å². The maximum atomic E-state index is 13.6. The molecule has 0 aromatic heterocycles. The molecule has 104 valence electrons. The molecule has 0 radical (unpaired) electrons. The van der Waals surface area contributed by atoms with E-state index in [-0.39, 0.29) is 15.7 Å². The number of nitrogen functional groups attached to an aromatic ring is 1. The van der Waals surface area contributed by atoms with Gasteiger partial charge in [0.25, 0.3) is 5.91 Å². The van der Waals surface area contributed by atoms with Gasteiger partial charge >= 0.3 is 0 Å². The number of nitrogens with two attached hydrogens (primary N) is 1. The number of benzene rings is 2. The molecule has 0 spiro atoms. The van der Waals surface area contributed by atoms with Crippen LogP contribution in [-0.4, -0.2) is 5.91 Å². The van der Waals surface area contributed by atoms with E-state index in [0.29, 0.717) is 5.02 Å². The van der Waals surface area contributed by atoms with Crippen molar-refractivity contribution < 1.29 is 13.6 Å². The molecule has 0 unspecified atom stereocenters. The Balaban J connectivity index is 2.35. The van der Waals surface area contributed by atoms with Gasteiger partial charge in [-0.05, 0) is 30.3 Å². The second-order valence-corrected chi connectivity index (χ2v) is 5.28. The third kappa shape index (κ3) is 3.08. The highest BCUT2D eigenvalue weighted by Gasteiger charge is 2.16. The molecule has 0 fully saturated rings. The van der Waals surface area contributed by atoms with Crippen molar-refractivity contribution in [1.29, 1.82) is 0 Å². The van der Waals surface area contributed by atoms with Gasteiger partial charge in [0.15, 0.2) is 11.6 Å². The molecule has 3 N–H and O–H groups in total.